The number of carbonyl (C=O) groups is 1. The van der Waals surface area contributed by atoms with Crippen molar-refractivity contribution in [3.63, 3.8) is 0 Å². The van der Waals surface area contributed by atoms with Crippen molar-refractivity contribution >= 4 is 5.91 Å². The van der Waals surface area contributed by atoms with E-state index in [2.05, 4.69) is 10.4 Å². The summed E-state index contributed by atoms with van der Waals surface area (Å²) in [4.78, 5) is 12.2. The molecule has 0 bridgehead atoms. The molecule has 2 rings (SSSR count). The molecule has 0 saturated heterocycles. The van der Waals surface area contributed by atoms with Gasteiger partial charge in [-0.05, 0) is 31.0 Å². The Morgan fingerprint density at radius 1 is 1.30 bits per heavy atom. The van der Waals surface area contributed by atoms with E-state index in [1.807, 2.05) is 38.1 Å². The van der Waals surface area contributed by atoms with Crippen LogP contribution in [-0.4, -0.2) is 20.8 Å². The third-order valence-corrected chi connectivity index (χ3v) is 3.12. The van der Waals surface area contributed by atoms with Gasteiger partial charge < -0.3 is 10.4 Å². The Morgan fingerprint density at radius 3 is 2.65 bits per heavy atom. The highest BCUT2D eigenvalue weighted by Gasteiger charge is 2.13. The maximum atomic E-state index is 12.2. The van der Waals surface area contributed by atoms with Gasteiger partial charge in [-0.25, -0.2) is 0 Å². The van der Waals surface area contributed by atoms with E-state index >= 15 is 0 Å². The number of hydrogen-bond donors (Lipinski definition) is 2. The van der Waals surface area contributed by atoms with E-state index in [1.165, 1.54) is 0 Å². The minimum absolute atomic E-state index is 0.0318. The number of aliphatic hydroxyl groups is 1. The molecule has 20 heavy (non-hydrogen) atoms. The summed E-state index contributed by atoms with van der Waals surface area (Å²) in [6, 6.07) is 9.33. The number of benzene rings is 1. The number of hydrogen-bond acceptors (Lipinski definition) is 3. The van der Waals surface area contributed by atoms with E-state index in [-0.39, 0.29) is 18.6 Å². The molecule has 5 nitrogen and oxygen atoms in total. The standard InChI is InChI=1S/C15H19N3O2/c1-11(2)18-14(7-8-17-18)15(20)16-9-12-5-3-4-6-13(12)10-19/h3-8,11,19H,9-10H2,1-2H3,(H,16,20). The SMILES string of the molecule is CC(C)n1nccc1C(=O)NCc1ccccc1CO. The summed E-state index contributed by atoms with van der Waals surface area (Å²) in [7, 11) is 0. The van der Waals surface area contributed by atoms with E-state index in [1.54, 1.807) is 16.9 Å². The fourth-order valence-corrected chi connectivity index (χ4v) is 2.06. The van der Waals surface area contributed by atoms with Gasteiger partial charge >= 0.3 is 0 Å². The Bertz CT molecular complexity index is 590. The van der Waals surface area contributed by atoms with Gasteiger partial charge in [0.2, 0.25) is 0 Å². The second kappa shape index (κ2) is 6.34. The fraction of sp³-hybridized carbons (Fsp3) is 0.333. The lowest BCUT2D eigenvalue weighted by molar-refractivity contribution is 0.0938. The van der Waals surface area contributed by atoms with Crippen molar-refractivity contribution in [1.82, 2.24) is 15.1 Å². The van der Waals surface area contributed by atoms with Crippen LogP contribution in [0.2, 0.25) is 0 Å². The second-order valence-corrected chi connectivity index (χ2v) is 4.86. The number of aliphatic hydroxyl groups excluding tert-OH is 1. The largest absolute Gasteiger partial charge is 0.392 e. The fourth-order valence-electron chi connectivity index (χ4n) is 2.06. The lowest BCUT2D eigenvalue weighted by Crippen LogP contribution is -2.26. The molecule has 5 heteroatoms. The van der Waals surface area contributed by atoms with Gasteiger partial charge in [-0.3, -0.25) is 9.48 Å². The summed E-state index contributed by atoms with van der Waals surface area (Å²) in [6.45, 7) is 4.31. The zero-order chi connectivity index (χ0) is 14.5. The molecule has 2 N–H and O–H groups in total. The van der Waals surface area contributed by atoms with Gasteiger partial charge in [0.1, 0.15) is 5.69 Å². The first kappa shape index (κ1) is 14.3. The van der Waals surface area contributed by atoms with E-state index in [4.69, 9.17) is 0 Å². The Labute approximate surface area is 118 Å². The van der Waals surface area contributed by atoms with Crippen molar-refractivity contribution in [3.05, 3.63) is 53.3 Å². The molecule has 0 aliphatic rings. The van der Waals surface area contributed by atoms with Gasteiger partial charge in [-0.1, -0.05) is 24.3 Å². The molecule has 0 aliphatic carbocycles. The Kier molecular flexibility index (Phi) is 4.53. The molecule has 0 radical (unpaired) electrons. The van der Waals surface area contributed by atoms with Crippen LogP contribution in [0.25, 0.3) is 0 Å². The summed E-state index contributed by atoms with van der Waals surface area (Å²) >= 11 is 0. The van der Waals surface area contributed by atoms with Crippen LogP contribution in [0.4, 0.5) is 0 Å². The average molecular weight is 273 g/mol. The van der Waals surface area contributed by atoms with E-state index < -0.39 is 0 Å². The molecule has 2 aromatic rings. The van der Waals surface area contributed by atoms with Crippen molar-refractivity contribution in [1.29, 1.82) is 0 Å². The highest BCUT2D eigenvalue weighted by Crippen LogP contribution is 2.10. The summed E-state index contributed by atoms with van der Waals surface area (Å²) in [6.07, 6.45) is 1.62. The third kappa shape index (κ3) is 3.05. The first-order valence-corrected chi connectivity index (χ1v) is 6.63. The quantitative estimate of drug-likeness (QED) is 0.874. The smallest absolute Gasteiger partial charge is 0.269 e. The first-order valence-electron chi connectivity index (χ1n) is 6.63. The number of amides is 1. The van der Waals surface area contributed by atoms with Crippen LogP contribution in [0.1, 0.15) is 41.5 Å². The zero-order valence-electron chi connectivity index (χ0n) is 11.7. The number of rotatable bonds is 5. The molecule has 0 saturated carbocycles. The predicted octanol–water partition coefficient (Wildman–Crippen LogP) is 1.89. The number of nitrogens with one attached hydrogen (secondary N) is 1. The minimum atomic E-state index is -0.163. The lowest BCUT2D eigenvalue weighted by Gasteiger charge is -2.12. The van der Waals surface area contributed by atoms with Gasteiger partial charge in [0.25, 0.3) is 5.91 Å². The molecule has 106 valence electrons. The topological polar surface area (TPSA) is 67.2 Å². The highest BCUT2D eigenvalue weighted by atomic mass is 16.3. The molecular weight excluding hydrogens is 254 g/mol. The van der Waals surface area contributed by atoms with Crippen molar-refractivity contribution < 1.29 is 9.90 Å². The van der Waals surface area contributed by atoms with Gasteiger partial charge in [0.15, 0.2) is 0 Å². The molecule has 0 fully saturated rings. The molecule has 0 atom stereocenters. The molecule has 1 aromatic carbocycles. The summed E-state index contributed by atoms with van der Waals surface area (Å²) in [5.74, 6) is -0.163. The highest BCUT2D eigenvalue weighted by molar-refractivity contribution is 5.92. The van der Waals surface area contributed by atoms with Gasteiger partial charge in [-0.15, -0.1) is 0 Å². The van der Waals surface area contributed by atoms with Gasteiger partial charge in [-0.2, -0.15) is 5.10 Å². The van der Waals surface area contributed by atoms with E-state index in [0.717, 1.165) is 11.1 Å². The van der Waals surface area contributed by atoms with Crippen molar-refractivity contribution in [2.75, 3.05) is 0 Å². The van der Waals surface area contributed by atoms with Crippen LogP contribution in [0, 0.1) is 0 Å². The van der Waals surface area contributed by atoms with Crippen LogP contribution in [0.5, 0.6) is 0 Å². The van der Waals surface area contributed by atoms with Crippen LogP contribution >= 0.6 is 0 Å². The second-order valence-electron chi connectivity index (χ2n) is 4.86. The molecule has 1 aromatic heterocycles. The zero-order valence-corrected chi connectivity index (χ0v) is 11.7. The Morgan fingerprint density at radius 2 is 2.00 bits per heavy atom. The monoisotopic (exact) mass is 273 g/mol. The molecule has 0 aliphatic heterocycles. The van der Waals surface area contributed by atoms with Crippen LogP contribution in [-0.2, 0) is 13.2 Å². The van der Waals surface area contributed by atoms with E-state index in [0.29, 0.717) is 12.2 Å². The van der Waals surface area contributed by atoms with Crippen molar-refractivity contribution in [3.8, 4) is 0 Å². The number of aromatic nitrogens is 2. The van der Waals surface area contributed by atoms with Crippen LogP contribution < -0.4 is 5.32 Å². The third-order valence-electron chi connectivity index (χ3n) is 3.12. The lowest BCUT2D eigenvalue weighted by atomic mass is 10.1. The average Bonchev–Trinajstić information content (AvgIpc) is 2.94. The van der Waals surface area contributed by atoms with Crippen molar-refractivity contribution in [2.24, 2.45) is 0 Å². The number of carbonyl (C=O) groups excluding carboxylic acids is 1. The van der Waals surface area contributed by atoms with Crippen LogP contribution in [0.3, 0.4) is 0 Å². The maximum Gasteiger partial charge on any atom is 0.269 e. The van der Waals surface area contributed by atoms with Gasteiger partial charge in [0, 0.05) is 18.8 Å². The summed E-state index contributed by atoms with van der Waals surface area (Å²) < 4.78 is 1.69. The molecule has 0 spiro atoms. The summed E-state index contributed by atoms with van der Waals surface area (Å²) in [5.41, 5.74) is 2.28. The summed E-state index contributed by atoms with van der Waals surface area (Å²) in [5, 5.41) is 16.3. The Hall–Kier alpha value is -2.14. The van der Waals surface area contributed by atoms with Crippen LogP contribution in [0.15, 0.2) is 36.5 Å². The molecule has 0 unspecified atom stereocenters. The first-order chi connectivity index (χ1) is 9.63. The predicted molar refractivity (Wildman–Crippen MR) is 76.1 cm³/mol. The van der Waals surface area contributed by atoms with Gasteiger partial charge in [0.05, 0.1) is 6.61 Å². The van der Waals surface area contributed by atoms with E-state index in [9.17, 15) is 9.90 Å². The number of nitrogens with zero attached hydrogens (tertiary/aromatic N) is 2. The molecule has 1 heterocycles. The normalized spacial score (nSPS) is 10.8. The minimum Gasteiger partial charge on any atom is -0.392 e. The maximum absolute atomic E-state index is 12.2. The molecular formula is C15H19N3O2. The Balaban J connectivity index is 2.07. The van der Waals surface area contributed by atoms with Crippen molar-refractivity contribution in [2.45, 2.75) is 33.0 Å². The molecule has 1 amide bonds.